The number of hydrogen-bond donors (Lipinski definition) is 2. The molecule has 1 unspecified atom stereocenters. The molecule has 15 heavy (non-hydrogen) atoms. The highest BCUT2D eigenvalue weighted by Gasteiger charge is 2.16. The average Bonchev–Trinajstić information content (AvgIpc) is 2.91. The van der Waals surface area contributed by atoms with Crippen molar-refractivity contribution in [2.75, 3.05) is 0 Å². The molecule has 2 aromatic rings. The van der Waals surface area contributed by atoms with Crippen molar-refractivity contribution < 1.29 is 9.21 Å². The first-order valence-corrected chi connectivity index (χ1v) is 4.35. The topological polar surface area (TPSA) is 96.7 Å². The van der Waals surface area contributed by atoms with Gasteiger partial charge in [0, 0.05) is 0 Å². The fourth-order valence-electron chi connectivity index (χ4n) is 1.13. The summed E-state index contributed by atoms with van der Waals surface area (Å²) in [6.45, 7) is 1.80. The van der Waals surface area contributed by atoms with Crippen LogP contribution in [0.4, 0.5) is 0 Å². The Hall–Kier alpha value is -2.18. The van der Waals surface area contributed by atoms with Gasteiger partial charge < -0.3 is 9.73 Å². The molecule has 0 fully saturated rings. The first-order valence-electron chi connectivity index (χ1n) is 4.35. The molecule has 2 rings (SSSR count). The zero-order valence-electron chi connectivity index (χ0n) is 7.97. The van der Waals surface area contributed by atoms with Crippen molar-refractivity contribution in [2.24, 2.45) is 0 Å². The van der Waals surface area contributed by atoms with E-state index in [9.17, 15) is 4.79 Å². The van der Waals surface area contributed by atoms with E-state index in [0.29, 0.717) is 5.76 Å². The molecular weight excluding hydrogens is 198 g/mol. The molecule has 7 heteroatoms. The van der Waals surface area contributed by atoms with Gasteiger partial charge in [0.2, 0.25) is 0 Å². The minimum Gasteiger partial charge on any atom is -0.467 e. The molecule has 0 aliphatic carbocycles. The molecule has 0 aliphatic heterocycles. The smallest absolute Gasteiger partial charge is 0.293 e. The molecule has 78 valence electrons. The number of hydrogen-bond acceptors (Lipinski definition) is 5. The van der Waals surface area contributed by atoms with Crippen LogP contribution in [0.15, 0.2) is 22.8 Å². The van der Waals surface area contributed by atoms with Gasteiger partial charge in [-0.1, -0.05) is 0 Å². The molecule has 0 aliphatic rings. The van der Waals surface area contributed by atoms with Crippen LogP contribution < -0.4 is 5.32 Å². The predicted octanol–water partition coefficient (Wildman–Crippen LogP) is 0.284. The fraction of sp³-hybridized carbons (Fsp3) is 0.250. The van der Waals surface area contributed by atoms with Crippen molar-refractivity contribution in [1.82, 2.24) is 25.9 Å². The highest BCUT2D eigenvalue weighted by molar-refractivity contribution is 5.90. The van der Waals surface area contributed by atoms with Gasteiger partial charge in [0.05, 0.1) is 12.3 Å². The summed E-state index contributed by atoms with van der Waals surface area (Å²) in [6.07, 6.45) is 1.55. The Morgan fingerprint density at radius 2 is 2.53 bits per heavy atom. The number of aromatic amines is 1. The van der Waals surface area contributed by atoms with Gasteiger partial charge in [0.15, 0.2) is 0 Å². The highest BCUT2D eigenvalue weighted by Crippen LogP contribution is 2.12. The number of amides is 1. The maximum atomic E-state index is 11.5. The van der Waals surface area contributed by atoms with Gasteiger partial charge in [-0.25, -0.2) is 0 Å². The Labute approximate surface area is 84.9 Å². The molecule has 7 nitrogen and oxygen atoms in total. The molecule has 0 saturated heterocycles. The SMILES string of the molecule is CC(NC(=O)c1nn[nH]n1)c1ccco1. The Balaban J connectivity index is 2.01. The Morgan fingerprint density at radius 1 is 1.67 bits per heavy atom. The second-order valence-electron chi connectivity index (χ2n) is 2.95. The minimum atomic E-state index is -0.396. The van der Waals surface area contributed by atoms with E-state index in [-0.39, 0.29) is 11.9 Å². The molecule has 0 saturated carbocycles. The van der Waals surface area contributed by atoms with Crippen LogP contribution >= 0.6 is 0 Å². The van der Waals surface area contributed by atoms with Gasteiger partial charge in [-0.05, 0) is 24.3 Å². The summed E-state index contributed by atoms with van der Waals surface area (Å²) in [5, 5.41) is 15.3. The number of furan rings is 1. The van der Waals surface area contributed by atoms with Gasteiger partial charge in [-0.2, -0.15) is 5.21 Å². The summed E-state index contributed by atoms with van der Waals surface area (Å²) < 4.78 is 5.13. The standard InChI is InChI=1S/C8H9N5O2/c1-5(6-3-2-4-15-6)9-8(14)7-10-12-13-11-7/h2-5H,1H3,(H,9,14)(H,10,11,12,13). The second-order valence-corrected chi connectivity index (χ2v) is 2.95. The Morgan fingerprint density at radius 3 is 3.13 bits per heavy atom. The number of aromatic nitrogens is 4. The van der Waals surface area contributed by atoms with E-state index in [0.717, 1.165) is 0 Å². The third-order valence-corrected chi connectivity index (χ3v) is 1.87. The number of nitrogens with one attached hydrogen (secondary N) is 2. The van der Waals surface area contributed by atoms with E-state index in [2.05, 4.69) is 25.9 Å². The lowest BCUT2D eigenvalue weighted by Crippen LogP contribution is -2.27. The number of nitrogens with zero attached hydrogens (tertiary/aromatic N) is 3. The van der Waals surface area contributed by atoms with E-state index in [4.69, 9.17) is 4.42 Å². The third-order valence-electron chi connectivity index (χ3n) is 1.87. The van der Waals surface area contributed by atoms with Crippen LogP contribution in [0.5, 0.6) is 0 Å². The monoisotopic (exact) mass is 207 g/mol. The van der Waals surface area contributed by atoms with E-state index in [1.165, 1.54) is 0 Å². The van der Waals surface area contributed by atoms with Gasteiger partial charge in [0.25, 0.3) is 11.7 Å². The Bertz CT molecular complexity index is 422. The van der Waals surface area contributed by atoms with Crippen LogP contribution in [0.2, 0.25) is 0 Å². The summed E-state index contributed by atoms with van der Waals surface area (Å²) in [5.41, 5.74) is 0. The summed E-state index contributed by atoms with van der Waals surface area (Å²) in [5.74, 6) is 0.285. The molecule has 2 aromatic heterocycles. The molecule has 2 N–H and O–H groups in total. The van der Waals surface area contributed by atoms with E-state index >= 15 is 0 Å². The van der Waals surface area contributed by atoms with Gasteiger partial charge in [-0.3, -0.25) is 4.79 Å². The first kappa shape index (κ1) is 9.38. The maximum Gasteiger partial charge on any atom is 0.293 e. The van der Waals surface area contributed by atoms with Crippen molar-refractivity contribution in [2.45, 2.75) is 13.0 Å². The van der Waals surface area contributed by atoms with Crippen LogP contribution in [-0.4, -0.2) is 26.5 Å². The summed E-state index contributed by atoms with van der Waals surface area (Å²) in [7, 11) is 0. The van der Waals surface area contributed by atoms with Gasteiger partial charge >= 0.3 is 0 Å². The quantitative estimate of drug-likeness (QED) is 0.753. The fourth-order valence-corrected chi connectivity index (χ4v) is 1.13. The van der Waals surface area contributed by atoms with E-state index in [1.807, 2.05) is 0 Å². The Kier molecular flexibility index (Phi) is 2.44. The van der Waals surface area contributed by atoms with Crippen LogP contribution in [0.1, 0.15) is 29.3 Å². The number of rotatable bonds is 3. The molecule has 0 spiro atoms. The molecule has 0 aromatic carbocycles. The van der Waals surface area contributed by atoms with Gasteiger partial charge in [-0.15, -0.1) is 10.2 Å². The molecule has 0 radical (unpaired) electrons. The second kappa shape index (κ2) is 3.91. The van der Waals surface area contributed by atoms with Crippen molar-refractivity contribution in [3.63, 3.8) is 0 Å². The lowest BCUT2D eigenvalue weighted by atomic mass is 10.2. The number of carbonyl (C=O) groups excluding carboxylic acids is 1. The molecule has 1 amide bonds. The van der Waals surface area contributed by atoms with Crippen molar-refractivity contribution in [3.8, 4) is 0 Å². The van der Waals surface area contributed by atoms with Crippen LogP contribution in [0.25, 0.3) is 0 Å². The average molecular weight is 207 g/mol. The van der Waals surface area contributed by atoms with Crippen LogP contribution in [0, 0.1) is 0 Å². The summed E-state index contributed by atoms with van der Waals surface area (Å²) in [4.78, 5) is 11.5. The molecular formula is C8H9N5O2. The van der Waals surface area contributed by atoms with Crippen molar-refractivity contribution >= 4 is 5.91 Å². The minimum absolute atomic E-state index is 0.00778. The zero-order chi connectivity index (χ0) is 10.7. The van der Waals surface area contributed by atoms with Gasteiger partial charge in [0.1, 0.15) is 5.76 Å². The normalized spacial score (nSPS) is 12.3. The number of H-pyrrole nitrogens is 1. The maximum absolute atomic E-state index is 11.5. The number of carbonyl (C=O) groups is 1. The first-order chi connectivity index (χ1) is 7.27. The van der Waals surface area contributed by atoms with Crippen LogP contribution in [-0.2, 0) is 0 Å². The summed E-state index contributed by atoms with van der Waals surface area (Å²) in [6, 6.07) is 3.30. The largest absolute Gasteiger partial charge is 0.467 e. The molecule has 1 atom stereocenters. The lowest BCUT2D eigenvalue weighted by Gasteiger charge is -2.08. The molecule has 0 bridgehead atoms. The number of tetrazole rings is 1. The van der Waals surface area contributed by atoms with Crippen LogP contribution in [0.3, 0.4) is 0 Å². The van der Waals surface area contributed by atoms with E-state index in [1.54, 1.807) is 25.3 Å². The third kappa shape index (κ3) is 2.01. The summed E-state index contributed by atoms with van der Waals surface area (Å²) >= 11 is 0. The zero-order valence-corrected chi connectivity index (χ0v) is 7.97. The molecule has 2 heterocycles. The van der Waals surface area contributed by atoms with E-state index < -0.39 is 5.91 Å². The van der Waals surface area contributed by atoms with Crippen molar-refractivity contribution in [1.29, 1.82) is 0 Å². The predicted molar refractivity (Wildman–Crippen MR) is 48.8 cm³/mol. The van der Waals surface area contributed by atoms with Crippen molar-refractivity contribution in [3.05, 3.63) is 30.0 Å². The highest BCUT2D eigenvalue weighted by atomic mass is 16.3. The lowest BCUT2D eigenvalue weighted by molar-refractivity contribution is 0.0925.